The van der Waals surface area contributed by atoms with Crippen LogP contribution in [0.25, 0.3) is 0 Å². The highest BCUT2D eigenvalue weighted by Gasteiger charge is 2.29. The minimum atomic E-state index is -3.75. The van der Waals surface area contributed by atoms with E-state index in [2.05, 4.69) is 10.3 Å². The molecule has 0 radical (unpaired) electrons. The van der Waals surface area contributed by atoms with Crippen molar-refractivity contribution in [3.05, 3.63) is 42.1 Å². The molecule has 0 aliphatic carbocycles. The lowest BCUT2D eigenvalue weighted by molar-refractivity contribution is 0.102. The Morgan fingerprint density at radius 3 is 2.45 bits per heavy atom. The molecule has 1 aromatic carbocycles. The maximum absolute atomic E-state index is 13.2. The summed E-state index contributed by atoms with van der Waals surface area (Å²) in [6, 6.07) is 8.03. The van der Waals surface area contributed by atoms with Gasteiger partial charge in [0.05, 0.1) is 24.0 Å². The van der Waals surface area contributed by atoms with Gasteiger partial charge in [-0.15, -0.1) is 11.8 Å². The lowest BCUT2D eigenvalue weighted by atomic mass is 10.2. The molecular weight excluding hydrogens is 410 g/mol. The largest absolute Gasteiger partial charge is 0.495 e. The van der Waals surface area contributed by atoms with Crippen molar-refractivity contribution in [3.63, 3.8) is 0 Å². The molecule has 1 aliphatic rings. The number of anilines is 1. The first kappa shape index (κ1) is 21.6. The highest BCUT2D eigenvalue weighted by Crippen LogP contribution is 2.29. The number of aromatic nitrogens is 1. The number of rotatable bonds is 6. The van der Waals surface area contributed by atoms with Gasteiger partial charge in [-0.2, -0.15) is 4.31 Å². The van der Waals surface area contributed by atoms with Gasteiger partial charge in [0.1, 0.15) is 10.6 Å². The Morgan fingerprint density at radius 2 is 1.86 bits per heavy atom. The van der Waals surface area contributed by atoms with Crippen LogP contribution in [0.5, 0.6) is 5.75 Å². The van der Waals surface area contributed by atoms with E-state index in [1.165, 1.54) is 35.3 Å². The summed E-state index contributed by atoms with van der Waals surface area (Å²) in [5, 5.41) is 3.60. The van der Waals surface area contributed by atoms with Crippen molar-refractivity contribution in [2.45, 2.75) is 35.6 Å². The van der Waals surface area contributed by atoms with Crippen LogP contribution in [-0.4, -0.2) is 50.1 Å². The molecule has 0 spiro atoms. The fourth-order valence-electron chi connectivity index (χ4n) is 3.22. The van der Waals surface area contributed by atoms with Crippen molar-refractivity contribution >= 4 is 33.4 Å². The molecule has 1 N–H and O–H groups in total. The van der Waals surface area contributed by atoms with Gasteiger partial charge in [-0.05, 0) is 49.4 Å². The van der Waals surface area contributed by atoms with Gasteiger partial charge in [0.15, 0.2) is 0 Å². The van der Waals surface area contributed by atoms with E-state index in [9.17, 15) is 13.2 Å². The van der Waals surface area contributed by atoms with E-state index in [0.29, 0.717) is 18.8 Å². The second kappa shape index (κ2) is 9.60. The number of sulfonamides is 1. The first-order valence-corrected chi connectivity index (χ1v) is 12.1. The summed E-state index contributed by atoms with van der Waals surface area (Å²) in [5.74, 6) is -0.171. The number of thioether (sulfide) groups is 1. The number of methoxy groups -OCH3 is 1. The minimum Gasteiger partial charge on any atom is -0.495 e. The lowest BCUT2D eigenvalue weighted by Crippen LogP contribution is -2.32. The zero-order valence-electron chi connectivity index (χ0n) is 16.6. The van der Waals surface area contributed by atoms with E-state index in [-0.39, 0.29) is 16.2 Å². The molecule has 0 atom stereocenters. The number of ether oxygens (including phenoxy) is 1. The summed E-state index contributed by atoms with van der Waals surface area (Å²) < 4.78 is 33.2. The molecule has 1 amide bonds. The standard InChI is InChI=1S/C20H25N3O4S2/c1-27-17-9-7-15(20(24)22-16-8-10-19(28-2)21-14-16)13-18(17)29(25,26)23-11-5-3-4-6-12-23/h7-10,13-14H,3-6,11-12H2,1-2H3,(H,22,24). The third-order valence-corrected chi connectivity index (χ3v) is 7.39. The number of carbonyl (C=O) groups is 1. The predicted octanol–water partition coefficient (Wildman–Crippen LogP) is 3.63. The molecule has 0 saturated carbocycles. The van der Waals surface area contributed by atoms with Gasteiger partial charge in [-0.1, -0.05) is 12.8 Å². The Morgan fingerprint density at radius 1 is 1.14 bits per heavy atom. The number of nitrogens with one attached hydrogen (secondary N) is 1. The molecule has 9 heteroatoms. The zero-order chi connectivity index (χ0) is 20.9. The average Bonchev–Trinajstić information content (AvgIpc) is 3.04. The number of nitrogens with zero attached hydrogens (tertiary/aromatic N) is 2. The molecule has 1 saturated heterocycles. The van der Waals surface area contributed by atoms with Gasteiger partial charge < -0.3 is 10.1 Å². The Hall–Kier alpha value is -2.10. The Balaban J connectivity index is 1.88. The Kier molecular flexibility index (Phi) is 7.15. The Labute approximate surface area is 175 Å². The Bertz CT molecular complexity index is 954. The number of carbonyl (C=O) groups excluding carboxylic acids is 1. The summed E-state index contributed by atoms with van der Waals surface area (Å²) in [7, 11) is -2.33. The molecule has 3 rings (SSSR count). The fourth-order valence-corrected chi connectivity index (χ4v) is 5.28. The summed E-state index contributed by atoms with van der Waals surface area (Å²) in [6.07, 6.45) is 7.21. The van der Waals surface area contributed by atoms with E-state index in [1.54, 1.807) is 18.3 Å². The van der Waals surface area contributed by atoms with Crippen LogP contribution in [0.2, 0.25) is 0 Å². The third-order valence-electron chi connectivity index (χ3n) is 4.81. The first-order chi connectivity index (χ1) is 14.0. The predicted molar refractivity (Wildman–Crippen MR) is 114 cm³/mol. The molecule has 2 heterocycles. The smallest absolute Gasteiger partial charge is 0.255 e. The van der Waals surface area contributed by atoms with Crippen LogP contribution in [0.3, 0.4) is 0 Å². The topological polar surface area (TPSA) is 88.6 Å². The van der Waals surface area contributed by atoms with Gasteiger partial charge in [0, 0.05) is 18.7 Å². The van der Waals surface area contributed by atoms with Gasteiger partial charge in [-0.3, -0.25) is 4.79 Å². The molecule has 29 heavy (non-hydrogen) atoms. The second-order valence-corrected chi connectivity index (χ2v) is 9.46. The molecule has 7 nitrogen and oxygen atoms in total. The van der Waals surface area contributed by atoms with Crippen molar-refractivity contribution < 1.29 is 17.9 Å². The van der Waals surface area contributed by atoms with E-state index in [1.807, 2.05) is 12.3 Å². The van der Waals surface area contributed by atoms with Gasteiger partial charge in [-0.25, -0.2) is 13.4 Å². The SMILES string of the molecule is COc1ccc(C(=O)Nc2ccc(SC)nc2)cc1S(=O)(=O)N1CCCCCC1. The molecule has 2 aromatic rings. The van der Waals surface area contributed by atoms with Crippen molar-refractivity contribution in [2.24, 2.45) is 0 Å². The van der Waals surface area contributed by atoms with E-state index in [0.717, 1.165) is 30.7 Å². The third kappa shape index (κ3) is 5.09. The quantitative estimate of drug-likeness (QED) is 0.697. The van der Waals surface area contributed by atoms with Crippen LogP contribution in [0, 0.1) is 0 Å². The highest BCUT2D eigenvalue weighted by atomic mass is 32.2. The van der Waals surface area contributed by atoms with Crippen molar-refractivity contribution in [3.8, 4) is 5.75 Å². The number of hydrogen-bond donors (Lipinski definition) is 1. The zero-order valence-corrected chi connectivity index (χ0v) is 18.2. The van der Waals surface area contributed by atoms with E-state index in [4.69, 9.17) is 4.74 Å². The maximum atomic E-state index is 13.2. The fraction of sp³-hybridized carbons (Fsp3) is 0.400. The number of hydrogen-bond acceptors (Lipinski definition) is 6. The number of amides is 1. The summed E-state index contributed by atoms with van der Waals surface area (Å²) in [5.41, 5.74) is 0.786. The number of pyridine rings is 1. The van der Waals surface area contributed by atoms with E-state index < -0.39 is 15.9 Å². The molecule has 1 fully saturated rings. The van der Waals surface area contributed by atoms with Gasteiger partial charge in [0.25, 0.3) is 5.91 Å². The molecule has 0 bridgehead atoms. The monoisotopic (exact) mass is 435 g/mol. The second-order valence-electron chi connectivity index (χ2n) is 6.73. The molecule has 0 unspecified atom stereocenters. The van der Waals surface area contributed by atoms with Crippen LogP contribution >= 0.6 is 11.8 Å². The molecule has 156 valence electrons. The van der Waals surface area contributed by atoms with E-state index >= 15 is 0 Å². The van der Waals surface area contributed by atoms with Crippen molar-refractivity contribution in [2.75, 3.05) is 31.8 Å². The normalized spacial score (nSPS) is 15.5. The minimum absolute atomic E-state index is 0.0189. The highest BCUT2D eigenvalue weighted by molar-refractivity contribution is 7.98. The van der Waals surface area contributed by atoms with Crippen molar-refractivity contribution in [1.29, 1.82) is 0 Å². The van der Waals surface area contributed by atoms with Gasteiger partial charge >= 0.3 is 0 Å². The van der Waals surface area contributed by atoms with Crippen LogP contribution < -0.4 is 10.1 Å². The van der Waals surface area contributed by atoms with Crippen LogP contribution in [0.1, 0.15) is 36.0 Å². The number of benzene rings is 1. The maximum Gasteiger partial charge on any atom is 0.255 e. The summed E-state index contributed by atoms with van der Waals surface area (Å²) in [4.78, 5) is 16.9. The first-order valence-electron chi connectivity index (χ1n) is 9.45. The summed E-state index contributed by atoms with van der Waals surface area (Å²) in [6.45, 7) is 0.963. The van der Waals surface area contributed by atoms with Crippen LogP contribution in [-0.2, 0) is 10.0 Å². The van der Waals surface area contributed by atoms with Crippen molar-refractivity contribution in [1.82, 2.24) is 9.29 Å². The summed E-state index contributed by atoms with van der Waals surface area (Å²) >= 11 is 1.51. The lowest BCUT2D eigenvalue weighted by Gasteiger charge is -2.21. The molecule has 1 aromatic heterocycles. The van der Waals surface area contributed by atoms with Crippen LogP contribution in [0.15, 0.2) is 46.5 Å². The van der Waals surface area contributed by atoms with Gasteiger partial charge in [0.2, 0.25) is 10.0 Å². The average molecular weight is 436 g/mol. The molecular formula is C20H25N3O4S2. The van der Waals surface area contributed by atoms with Crippen LogP contribution in [0.4, 0.5) is 5.69 Å². The molecule has 1 aliphatic heterocycles.